The molecule has 15 heterocycles. The summed E-state index contributed by atoms with van der Waals surface area (Å²) in [5.74, 6) is 0.215. The fraction of sp³-hybridized carbons (Fsp3) is 0.500. The topological polar surface area (TPSA) is 330 Å². The first-order valence-corrected chi connectivity index (χ1v) is 40.4. The van der Waals surface area contributed by atoms with Gasteiger partial charge in [-0.05, 0) is 163 Å². The monoisotopic (exact) mass is 1860 g/mol. The first-order valence-electron chi connectivity index (χ1n) is 35.3. The number of alkyl halides is 2. The number of aryl methyl sites for hydroxylation is 7. The molecule has 5 fully saturated rings. The van der Waals surface area contributed by atoms with Gasteiger partial charge in [-0.15, -0.1) is 23.2 Å². The summed E-state index contributed by atoms with van der Waals surface area (Å²) in [7, 11) is 0. The van der Waals surface area contributed by atoms with Crippen LogP contribution in [-0.4, -0.2) is 204 Å². The molecule has 5 aliphatic rings. The van der Waals surface area contributed by atoms with Crippen LogP contribution in [-0.2, 0) is 24.0 Å². The maximum Gasteiger partial charge on any atom is 0.217 e. The van der Waals surface area contributed by atoms with Crippen molar-refractivity contribution in [3.8, 4) is 0 Å². The normalized spacial score (nSPS) is 17.5. The van der Waals surface area contributed by atoms with Crippen molar-refractivity contribution in [1.82, 2.24) is 110 Å². The van der Waals surface area contributed by atoms with Gasteiger partial charge < -0.3 is 51.9 Å². The molecule has 0 aromatic carbocycles. The van der Waals surface area contributed by atoms with Gasteiger partial charge in [-0.1, -0.05) is 71.9 Å². The lowest BCUT2D eigenvalue weighted by molar-refractivity contribution is -0.120. The quantitative estimate of drug-likeness (QED) is 0.0549. The van der Waals surface area contributed by atoms with E-state index in [2.05, 4.69) is 160 Å². The Morgan fingerprint density at radius 2 is 0.734 bits per heavy atom. The smallest absolute Gasteiger partial charge is 0.217 e. The number of hydrogen-bond donors (Lipinski definition) is 7. The number of amides is 5. The minimum Gasteiger partial charge on any atom is -0.366 e. The molecule has 5 aliphatic heterocycles. The second-order valence-corrected chi connectivity index (χ2v) is 30.8. The van der Waals surface area contributed by atoms with Gasteiger partial charge in [0.2, 0.25) is 29.5 Å². The Bertz CT molecular complexity index is 4610. The Morgan fingerprint density at radius 3 is 1.14 bits per heavy atom. The average Bonchev–Trinajstić information content (AvgIpc) is 1.66. The number of carbonyl (C=O) groups excluding carboxylic acids is 5. The molecule has 15 rings (SSSR count). The number of hydrogen-bond acceptors (Lipinski definition) is 20. The Morgan fingerprint density at radius 1 is 0.413 bits per heavy atom. The van der Waals surface area contributed by atoms with Gasteiger partial charge in [0.1, 0.15) is 7.40 Å². The SMILES string of the molecule is CC.CC(=O)N[C@@H]1CCN(c2cc(C)nn3c(I)c(C)nc23)C1.CC(=O)N[C@@H]1CCN(c2cc(C)nn3cc(C)nc23)C1.CC(=O)N[C@@H]1CCN(c2cc(Cl)nn3cc(C)nc23)C1.CC(=O)N[C@@H]1CCNC1.CC(=O)N[C@@H]1CCNC1.Cc1cn2nc(Cl)cc(Cl)c2n1.Cc1nc2c(Cl)cc(Cl)nn2c1I.ClCCl. The van der Waals surface area contributed by atoms with E-state index < -0.39 is 0 Å². The minimum absolute atomic E-state index is 0.00594. The predicted molar refractivity (Wildman–Crippen MR) is 450 cm³/mol. The van der Waals surface area contributed by atoms with Crippen LogP contribution in [0.25, 0.3) is 28.2 Å². The zero-order valence-corrected chi connectivity index (χ0v) is 72.9. The molecule has 0 spiro atoms. The fourth-order valence-corrected chi connectivity index (χ4v) is 14.5. The molecule has 0 aliphatic carbocycles. The van der Waals surface area contributed by atoms with Gasteiger partial charge in [0.15, 0.2) is 43.7 Å². The lowest BCUT2D eigenvalue weighted by Gasteiger charge is -2.19. The predicted octanol–water partition coefficient (Wildman–Crippen LogP) is 10.8. The van der Waals surface area contributed by atoms with Crippen LogP contribution in [0.4, 0.5) is 17.1 Å². The van der Waals surface area contributed by atoms with Crippen LogP contribution in [0.5, 0.6) is 0 Å². The second kappa shape index (κ2) is 42.8. The summed E-state index contributed by atoms with van der Waals surface area (Å²) >= 11 is 43.3. The van der Waals surface area contributed by atoms with Crippen LogP contribution in [0, 0.1) is 55.9 Å². The van der Waals surface area contributed by atoms with Crippen molar-refractivity contribution in [1.29, 1.82) is 0 Å². The molecular formula is C70H94Cl7I2N25O5. The molecule has 0 saturated carbocycles. The summed E-state index contributed by atoms with van der Waals surface area (Å²) < 4.78 is 10.6. The van der Waals surface area contributed by atoms with Gasteiger partial charge in [0.05, 0.1) is 90.9 Å². The van der Waals surface area contributed by atoms with Crippen LogP contribution >= 0.6 is 126 Å². The Labute approximate surface area is 695 Å². The summed E-state index contributed by atoms with van der Waals surface area (Å²) in [6.07, 6.45) is 10.5. The number of carbonyl (C=O) groups is 5. The molecule has 0 unspecified atom stereocenters. The fourth-order valence-electron chi connectivity index (χ4n) is 12.5. The maximum atomic E-state index is 11.2. The van der Waals surface area contributed by atoms with Gasteiger partial charge in [0.25, 0.3) is 0 Å². The van der Waals surface area contributed by atoms with E-state index in [0.29, 0.717) is 48.9 Å². The number of anilines is 3. The molecule has 39 heteroatoms. The zero-order valence-electron chi connectivity index (χ0n) is 63.3. The van der Waals surface area contributed by atoms with Crippen LogP contribution in [0.2, 0.25) is 25.5 Å². The van der Waals surface area contributed by atoms with Gasteiger partial charge in [-0.3, -0.25) is 24.0 Å². The molecule has 0 radical (unpaired) electrons. The third kappa shape index (κ3) is 26.4. The van der Waals surface area contributed by atoms with Crippen molar-refractivity contribution in [2.24, 2.45) is 0 Å². The molecule has 30 nitrogen and oxygen atoms in total. The largest absolute Gasteiger partial charge is 0.366 e. The highest BCUT2D eigenvalue weighted by atomic mass is 127. The van der Waals surface area contributed by atoms with E-state index >= 15 is 0 Å². The third-order valence-electron chi connectivity index (χ3n) is 16.8. The number of halogens is 9. The highest BCUT2D eigenvalue weighted by Gasteiger charge is 2.29. The van der Waals surface area contributed by atoms with Crippen LogP contribution in [0.3, 0.4) is 0 Å². The number of aromatic nitrogens is 15. The molecular weight excluding hydrogens is 1770 g/mol. The standard InChI is InChI=1S/C14H18IN5O.C14H19N5O.C13H16ClN5O.C7H4Cl2IN3.C7H5Cl2N3.2C6H12N2O.C2H6.CH2Cl2/c1-8-6-12(14-16-9(2)13(15)20(14)18-8)19-5-4-11(7-19)17-10(3)21;1-9-6-13(14-15-10(2)7-19(14)17-9)18-5-4-12(8-18)16-11(3)20;1-8-6-19-13(15-8)11(5-12(14)17-19)18-4-3-10(7-18)16-9(2)20;1-3-6(10)13-7(11-3)4(8)2-5(9)12-13;1-4-3-12-7(10-4)5(8)2-6(9)11-12;2*1-5(9)8-6-2-3-7-4-6;1-2;2-1-3/h6,11H,4-5,7H2,1-3H3,(H,17,21);6-7,12H,4-5,8H2,1-3H3,(H,16,20);5-6,10H,3-4,7H2,1-2H3,(H,16,20);2H,1H3;2-3H,1H3;2*6-7H,2-4H2,1H3,(H,8,9);1-2H3;1H2/t11-;12-;10-;;;2*6-;;/m111..11../s1. The molecule has 10 aromatic heterocycles. The van der Waals surface area contributed by atoms with Crippen LogP contribution in [0.1, 0.15) is 120 Å². The van der Waals surface area contributed by atoms with Gasteiger partial charge in [0, 0.05) is 123 Å². The number of fused-ring (bicyclic) bond motifs is 5. The molecule has 109 heavy (non-hydrogen) atoms. The molecule has 5 saturated heterocycles. The zero-order chi connectivity index (χ0) is 80.1. The van der Waals surface area contributed by atoms with Crippen LogP contribution < -0.4 is 51.9 Å². The summed E-state index contributed by atoms with van der Waals surface area (Å²) in [5, 5.41) is 44.6. The summed E-state index contributed by atoms with van der Waals surface area (Å²) in [6, 6.07) is 10.5. The van der Waals surface area contributed by atoms with Crippen molar-refractivity contribution >= 4 is 201 Å². The third-order valence-corrected chi connectivity index (χ3v) is 20.4. The van der Waals surface area contributed by atoms with Crippen molar-refractivity contribution in [3.63, 3.8) is 0 Å². The van der Waals surface area contributed by atoms with E-state index in [4.69, 9.17) is 81.2 Å². The molecule has 5 atom stereocenters. The van der Waals surface area contributed by atoms with Gasteiger partial charge in [-0.25, -0.2) is 47.5 Å². The van der Waals surface area contributed by atoms with Crippen molar-refractivity contribution < 1.29 is 24.0 Å². The molecule has 592 valence electrons. The first kappa shape index (κ1) is 89.5. The van der Waals surface area contributed by atoms with E-state index in [-0.39, 0.29) is 53.0 Å². The van der Waals surface area contributed by atoms with Crippen molar-refractivity contribution in [2.75, 3.05) is 85.5 Å². The summed E-state index contributed by atoms with van der Waals surface area (Å²) in [5.41, 5.74) is 13.6. The number of imidazole rings is 5. The molecule has 5 amide bonds. The van der Waals surface area contributed by atoms with Crippen molar-refractivity contribution in [3.05, 3.63) is 122 Å². The summed E-state index contributed by atoms with van der Waals surface area (Å²) in [4.78, 5) is 83.3. The van der Waals surface area contributed by atoms with E-state index in [9.17, 15) is 24.0 Å². The number of nitrogens with zero attached hydrogens (tertiary/aromatic N) is 18. The van der Waals surface area contributed by atoms with Crippen molar-refractivity contribution in [2.45, 2.75) is 159 Å². The average molecular weight is 1870 g/mol. The number of rotatable bonds is 8. The minimum atomic E-state index is 0.00594. The Hall–Kier alpha value is -6.74. The molecule has 0 bridgehead atoms. The lowest BCUT2D eigenvalue weighted by Crippen LogP contribution is -2.35. The Kier molecular flexibility index (Phi) is 35.1. The highest BCUT2D eigenvalue weighted by molar-refractivity contribution is 14.1. The second-order valence-electron chi connectivity index (χ2n) is 26.0. The van der Waals surface area contributed by atoms with E-state index in [1.165, 1.54) is 0 Å². The van der Waals surface area contributed by atoms with E-state index in [1.807, 2.05) is 89.8 Å². The Balaban J connectivity index is 0.000000179. The first-order chi connectivity index (χ1) is 51.7. The van der Waals surface area contributed by atoms with Gasteiger partial charge in [-0.2, -0.15) is 25.5 Å². The highest BCUT2D eigenvalue weighted by Crippen LogP contribution is 2.31. The molecule has 10 aromatic rings. The van der Waals surface area contributed by atoms with Crippen LogP contribution in [0.15, 0.2) is 48.9 Å². The lowest BCUT2D eigenvalue weighted by atomic mass is 10.2. The van der Waals surface area contributed by atoms with Gasteiger partial charge >= 0.3 is 0 Å². The number of nitrogens with one attached hydrogen (secondary N) is 7. The summed E-state index contributed by atoms with van der Waals surface area (Å²) in [6.45, 7) is 34.5. The molecule has 7 N–H and O–H groups in total. The van der Waals surface area contributed by atoms with E-state index in [0.717, 1.165) is 179 Å². The maximum absolute atomic E-state index is 11.2. The van der Waals surface area contributed by atoms with E-state index in [1.54, 1.807) is 66.5 Å².